The first-order chi connectivity index (χ1) is 9.54. The summed E-state index contributed by atoms with van der Waals surface area (Å²) in [6.07, 6.45) is 1.33. The molecule has 0 spiro atoms. The van der Waals surface area contributed by atoms with E-state index >= 15 is 0 Å². The monoisotopic (exact) mass is 295 g/mol. The standard InChI is InChI=1S/C16H29N3S/c1-12(2)7-17-8-16-18-15(11-20-16)10-19-6-5-13(3)14(4)9-19/h11-14,17H,5-10H2,1-4H3. The van der Waals surface area contributed by atoms with Crippen LogP contribution in [0, 0.1) is 17.8 Å². The molecule has 4 heteroatoms. The third kappa shape index (κ3) is 4.83. The summed E-state index contributed by atoms with van der Waals surface area (Å²) < 4.78 is 0. The molecule has 0 amide bonds. The Bertz CT molecular complexity index is 402. The van der Waals surface area contributed by atoms with Gasteiger partial charge in [-0.05, 0) is 37.3 Å². The zero-order chi connectivity index (χ0) is 14.5. The molecule has 1 saturated heterocycles. The summed E-state index contributed by atoms with van der Waals surface area (Å²) in [6, 6.07) is 0. The number of hydrogen-bond donors (Lipinski definition) is 1. The van der Waals surface area contributed by atoms with E-state index in [0.717, 1.165) is 31.5 Å². The van der Waals surface area contributed by atoms with Gasteiger partial charge in [-0.3, -0.25) is 4.90 Å². The Morgan fingerprint density at radius 1 is 1.40 bits per heavy atom. The molecule has 2 heterocycles. The molecule has 1 aliphatic rings. The second kappa shape index (κ2) is 7.53. The summed E-state index contributed by atoms with van der Waals surface area (Å²) in [6.45, 7) is 14.7. The van der Waals surface area contributed by atoms with Gasteiger partial charge in [0.05, 0.1) is 5.69 Å². The van der Waals surface area contributed by atoms with E-state index in [-0.39, 0.29) is 0 Å². The molecular formula is C16H29N3S. The minimum Gasteiger partial charge on any atom is -0.310 e. The van der Waals surface area contributed by atoms with Gasteiger partial charge in [0.1, 0.15) is 5.01 Å². The van der Waals surface area contributed by atoms with Gasteiger partial charge in [-0.1, -0.05) is 27.7 Å². The van der Waals surface area contributed by atoms with Gasteiger partial charge in [-0.15, -0.1) is 11.3 Å². The molecule has 0 bridgehead atoms. The van der Waals surface area contributed by atoms with Gasteiger partial charge < -0.3 is 5.32 Å². The lowest BCUT2D eigenvalue weighted by molar-refractivity contribution is 0.131. The van der Waals surface area contributed by atoms with Crippen LogP contribution in [0.25, 0.3) is 0 Å². The Morgan fingerprint density at radius 3 is 2.90 bits per heavy atom. The van der Waals surface area contributed by atoms with Crippen LogP contribution in [0.5, 0.6) is 0 Å². The Kier molecular flexibility index (Phi) is 6.00. The first-order valence-corrected chi connectivity index (χ1v) is 8.79. The Hall–Kier alpha value is -0.450. The highest BCUT2D eigenvalue weighted by Gasteiger charge is 2.22. The maximum atomic E-state index is 4.76. The van der Waals surface area contributed by atoms with Crippen molar-refractivity contribution in [3.63, 3.8) is 0 Å². The van der Waals surface area contributed by atoms with E-state index in [1.807, 2.05) is 0 Å². The van der Waals surface area contributed by atoms with Gasteiger partial charge in [-0.2, -0.15) is 0 Å². The van der Waals surface area contributed by atoms with Crippen LogP contribution in [0.15, 0.2) is 5.38 Å². The fraction of sp³-hybridized carbons (Fsp3) is 0.812. The Labute approximate surface area is 127 Å². The third-order valence-corrected chi connectivity index (χ3v) is 5.13. The van der Waals surface area contributed by atoms with Crippen molar-refractivity contribution in [3.05, 3.63) is 16.1 Å². The van der Waals surface area contributed by atoms with Crippen molar-refractivity contribution in [1.82, 2.24) is 15.2 Å². The smallest absolute Gasteiger partial charge is 0.107 e. The molecule has 2 atom stereocenters. The minimum atomic E-state index is 0.700. The molecule has 114 valence electrons. The summed E-state index contributed by atoms with van der Waals surface area (Å²) in [5.74, 6) is 2.39. The summed E-state index contributed by atoms with van der Waals surface area (Å²) in [5.41, 5.74) is 1.25. The van der Waals surface area contributed by atoms with Crippen molar-refractivity contribution in [1.29, 1.82) is 0 Å². The van der Waals surface area contributed by atoms with Crippen molar-refractivity contribution in [2.45, 2.75) is 47.2 Å². The van der Waals surface area contributed by atoms with Crippen molar-refractivity contribution in [2.75, 3.05) is 19.6 Å². The number of hydrogen-bond acceptors (Lipinski definition) is 4. The zero-order valence-corrected chi connectivity index (χ0v) is 14.2. The maximum absolute atomic E-state index is 4.76. The third-order valence-electron chi connectivity index (χ3n) is 4.23. The number of nitrogens with zero attached hydrogens (tertiary/aromatic N) is 2. The predicted octanol–water partition coefficient (Wildman–Crippen LogP) is 3.37. The number of nitrogens with one attached hydrogen (secondary N) is 1. The summed E-state index contributed by atoms with van der Waals surface area (Å²) in [5, 5.41) is 6.92. The minimum absolute atomic E-state index is 0.700. The lowest BCUT2D eigenvalue weighted by Crippen LogP contribution is -2.37. The quantitative estimate of drug-likeness (QED) is 0.872. The van der Waals surface area contributed by atoms with E-state index in [1.54, 1.807) is 11.3 Å². The lowest BCUT2D eigenvalue weighted by atomic mass is 9.89. The Morgan fingerprint density at radius 2 is 2.20 bits per heavy atom. The molecular weight excluding hydrogens is 266 g/mol. The first kappa shape index (κ1) is 15.9. The predicted molar refractivity (Wildman–Crippen MR) is 86.9 cm³/mol. The van der Waals surface area contributed by atoms with Crippen LogP contribution in [-0.2, 0) is 13.1 Å². The summed E-state index contributed by atoms with van der Waals surface area (Å²) in [4.78, 5) is 7.32. The molecule has 1 N–H and O–H groups in total. The molecule has 2 unspecified atom stereocenters. The van der Waals surface area contributed by atoms with Gasteiger partial charge >= 0.3 is 0 Å². The van der Waals surface area contributed by atoms with E-state index in [4.69, 9.17) is 4.98 Å². The maximum Gasteiger partial charge on any atom is 0.107 e. The average molecular weight is 295 g/mol. The van der Waals surface area contributed by atoms with Crippen molar-refractivity contribution in [2.24, 2.45) is 17.8 Å². The normalized spacial score (nSPS) is 24.4. The zero-order valence-electron chi connectivity index (χ0n) is 13.4. The van der Waals surface area contributed by atoms with E-state index in [1.165, 1.54) is 30.2 Å². The number of rotatable bonds is 6. The summed E-state index contributed by atoms with van der Waals surface area (Å²) in [7, 11) is 0. The molecule has 20 heavy (non-hydrogen) atoms. The highest BCUT2D eigenvalue weighted by molar-refractivity contribution is 7.09. The van der Waals surface area contributed by atoms with Crippen molar-refractivity contribution in [3.8, 4) is 0 Å². The molecule has 1 aromatic heterocycles. The molecule has 1 aliphatic heterocycles. The van der Waals surface area contributed by atoms with Crippen LogP contribution in [0.3, 0.4) is 0 Å². The highest BCUT2D eigenvalue weighted by Crippen LogP contribution is 2.24. The molecule has 2 rings (SSSR count). The molecule has 0 saturated carbocycles. The molecule has 1 aromatic rings. The Balaban J connectivity index is 1.78. The van der Waals surface area contributed by atoms with E-state index < -0.39 is 0 Å². The van der Waals surface area contributed by atoms with Crippen LogP contribution < -0.4 is 5.32 Å². The van der Waals surface area contributed by atoms with Crippen LogP contribution >= 0.6 is 11.3 Å². The van der Waals surface area contributed by atoms with Crippen LogP contribution in [0.1, 0.15) is 44.8 Å². The van der Waals surface area contributed by atoms with Crippen molar-refractivity contribution >= 4 is 11.3 Å². The average Bonchev–Trinajstić information content (AvgIpc) is 2.81. The SMILES string of the molecule is CC(C)CNCc1nc(CN2CCC(C)C(C)C2)cs1. The van der Waals surface area contributed by atoms with Crippen LogP contribution in [-0.4, -0.2) is 29.5 Å². The highest BCUT2D eigenvalue weighted by atomic mass is 32.1. The lowest BCUT2D eigenvalue weighted by Gasteiger charge is -2.34. The number of piperidine rings is 1. The molecule has 1 fully saturated rings. The van der Waals surface area contributed by atoms with Crippen molar-refractivity contribution < 1.29 is 0 Å². The molecule has 0 aliphatic carbocycles. The molecule has 0 aromatic carbocycles. The van der Waals surface area contributed by atoms with E-state index in [0.29, 0.717) is 5.92 Å². The van der Waals surface area contributed by atoms with Gasteiger partial charge in [-0.25, -0.2) is 4.98 Å². The number of aromatic nitrogens is 1. The second-order valence-electron chi connectivity index (χ2n) is 6.74. The largest absolute Gasteiger partial charge is 0.310 e. The molecule has 0 radical (unpaired) electrons. The van der Waals surface area contributed by atoms with E-state index in [2.05, 4.69) is 43.3 Å². The number of thiazole rings is 1. The fourth-order valence-corrected chi connectivity index (χ4v) is 3.45. The van der Waals surface area contributed by atoms with Crippen LogP contribution in [0.4, 0.5) is 0 Å². The van der Waals surface area contributed by atoms with Crippen LogP contribution in [0.2, 0.25) is 0 Å². The second-order valence-corrected chi connectivity index (χ2v) is 7.68. The van der Waals surface area contributed by atoms with E-state index in [9.17, 15) is 0 Å². The number of likely N-dealkylation sites (tertiary alicyclic amines) is 1. The van der Waals surface area contributed by atoms with Gasteiger partial charge in [0.2, 0.25) is 0 Å². The fourth-order valence-electron chi connectivity index (χ4n) is 2.69. The summed E-state index contributed by atoms with van der Waals surface area (Å²) >= 11 is 1.79. The van der Waals surface area contributed by atoms with Gasteiger partial charge in [0, 0.05) is 25.0 Å². The van der Waals surface area contributed by atoms with Gasteiger partial charge in [0.25, 0.3) is 0 Å². The first-order valence-electron chi connectivity index (χ1n) is 7.91. The topological polar surface area (TPSA) is 28.2 Å². The van der Waals surface area contributed by atoms with Gasteiger partial charge in [0.15, 0.2) is 0 Å². The molecule has 3 nitrogen and oxygen atoms in total.